The smallest absolute Gasteiger partial charge is 0.354 e. The number of hydrogen-bond donors (Lipinski definition) is 2. The van der Waals surface area contributed by atoms with Crippen LogP contribution in [0.2, 0.25) is 0 Å². The monoisotopic (exact) mass is 261 g/mol. The van der Waals surface area contributed by atoms with Gasteiger partial charge in [-0.3, -0.25) is 0 Å². The average Bonchev–Trinajstić information content (AvgIpc) is 2.39. The van der Waals surface area contributed by atoms with Gasteiger partial charge in [-0.2, -0.15) is 0 Å². The zero-order valence-electron chi connectivity index (χ0n) is 9.50. The minimum Gasteiger partial charge on any atom is -0.478 e. The van der Waals surface area contributed by atoms with Gasteiger partial charge in [-0.25, -0.2) is 19.0 Å². The van der Waals surface area contributed by atoms with Crippen LogP contribution >= 0.6 is 0 Å². The molecule has 0 saturated carbocycles. The maximum Gasteiger partial charge on any atom is 0.354 e. The minimum atomic E-state index is -1.19. The Kier molecular flexibility index (Phi) is 3.24. The second-order valence-electron chi connectivity index (χ2n) is 3.74. The number of aromatic carboxylic acids is 2. The molecule has 0 radical (unpaired) electrons. The summed E-state index contributed by atoms with van der Waals surface area (Å²) < 4.78 is 13.6. The lowest BCUT2D eigenvalue weighted by molar-refractivity contribution is 0.0682. The number of nitrogens with zero attached hydrogens (tertiary/aromatic N) is 1. The molecule has 0 aliphatic carbocycles. The summed E-state index contributed by atoms with van der Waals surface area (Å²) in [7, 11) is 0. The number of hydrogen-bond acceptors (Lipinski definition) is 3. The van der Waals surface area contributed by atoms with Crippen molar-refractivity contribution in [3.05, 3.63) is 53.6 Å². The maximum absolute atomic E-state index is 13.6. The minimum absolute atomic E-state index is 0.0567. The molecular formula is C13H8FNO4. The fourth-order valence-electron chi connectivity index (χ4n) is 1.56. The highest BCUT2D eigenvalue weighted by Crippen LogP contribution is 2.23. The van der Waals surface area contributed by atoms with Crippen LogP contribution in [0.4, 0.5) is 4.39 Å². The number of halogens is 1. The van der Waals surface area contributed by atoms with Crippen LogP contribution in [0.15, 0.2) is 36.5 Å². The molecule has 2 N–H and O–H groups in total. The van der Waals surface area contributed by atoms with Crippen molar-refractivity contribution in [3.63, 3.8) is 0 Å². The first-order valence-corrected chi connectivity index (χ1v) is 5.21. The summed E-state index contributed by atoms with van der Waals surface area (Å²) >= 11 is 0. The van der Waals surface area contributed by atoms with Gasteiger partial charge in [-0.05, 0) is 24.3 Å². The van der Waals surface area contributed by atoms with E-state index in [4.69, 9.17) is 10.2 Å². The molecule has 2 rings (SSSR count). The zero-order chi connectivity index (χ0) is 14.0. The van der Waals surface area contributed by atoms with E-state index in [2.05, 4.69) is 4.98 Å². The highest BCUT2D eigenvalue weighted by Gasteiger charge is 2.11. The maximum atomic E-state index is 13.6. The molecule has 0 amide bonds. The molecular weight excluding hydrogens is 253 g/mol. The van der Waals surface area contributed by atoms with Gasteiger partial charge in [0.25, 0.3) is 0 Å². The van der Waals surface area contributed by atoms with Crippen LogP contribution in [-0.2, 0) is 0 Å². The Hall–Kier alpha value is -2.76. The van der Waals surface area contributed by atoms with Gasteiger partial charge in [0.1, 0.15) is 11.5 Å². The fourth-order valence-corrected chi connectivity index (χ4v) is 1.56. The summed E-state index contributed by atoms with van der Waals surface area (Å²) in [6, 6.07) is 5.98. The summed E-state index contributed by atoms with van der Waals surface area (Å²) in [5.41, 5.74) is 0.146. The third-order valence-electron chi connectivity index (χ3n) is 2.51. The van der Waals surface area contributed by atoms with Crippen LogP contribution in [-0.4, -0.2) is 27.1 Å². The lowest BCUT2D eigenvalue weighted by Gasteiger charge is -2.05. The number of rotatable bonds is 3. The quantitative estimate of drug-likeness (QED) is 0.884. The number of aromatic nitrogens is 1. The van der Waals surface area contributed by atoms with Gasteiger partial charge in [0.15, 0.2) is 0 Å². The number of pyridine rings is 1. The topological polar surface area (TPSA) is 87.5 Å². The molecule has 2 aromatic rings. The second kappa shape index (κ2) is 4.85. The van der Waals surface area contributed by atoms with E-state index in [1.165, 1.54) is 24.4 Å². The Labute approximate surface area is 107 Å². The van der Waals surface area contributed by atoms with Crippen molar-refractivity contribution in [2.45, 2.75) is 0 Å². The predicted octanol–water partition coefficient (Wildman–Crippen LogP) is 2.28. The highest BCUT2D eigenvalue weighted by atomic mass is 19.1. The molecule has 96 valence electrons. The fraction of sp³-hybridized carbons (Fsp3) is 0. The normalized spacial score (nSPS) is 10.2. The van der Waals surface area contributed by atoms with Gasteiger partial charge < -0.3 is 10.2 Å². The Morgan fingerprint density at radius 1 is 1.05 bits per heavy atom. The molecule has 0 unspecified atom stereocenters. The first-order chi connectivity index (χ1) is 8.99. The standard InChI is InChI=1S/C13H8FNO4/c14-10-3-1-7(12(16)17)5-9(10)8-2-4-11(13(18)19)15-6-8/h1-6H,(H,16,17)(H,18,19). The summed E-state index contributed by atoms with van der Waals surface area (Å²) in [6.45, 7) is 0. The molecule has 0 aliphatic rings. The lowest BCUT2D eigenvalue weighted by Crippen LogP contribution is -2.00. The van der Waals surface area contributed by atoms with E-state index < -0.39 is 17.8 Å². The van der Waals surface area contributed by atoms with Crippen molar-refractivity contribution in [1.29, 1.82) is 0 Å². The van der Waals surface area contributed by atoms with E-state index in [1.807, 2.05) is 0 Å². The largest absolute Gasteiger partial charge is 0.478 e. The molecule has 6 heteroatoms. The van der Waals surface area contributed by atoms with E-state index in [0.29, 0.717) is 5.56 Å². The Morgan fingerprint density at radius 3 is 2.32 bits per heavy atom. The van der Waals surface area contributed by atoms with Crippen molar-refractivity contribution < 1.29 is 24.2 Å². The third kappa shape index (κ3) is 2.57. The van der Waals surface area contributed by atoms with E-state index in [9.17, 15) is 14.0 Å². The van der Waals surface area contributed by atoms with Crippen LogP contribution in [0.1, 0.15) is 20.8 Å². The van der Waals surface area contributed by atoms with Crippen LogP contribution in [0.5, 0.6) is 0 Å². The highest BCUT2D eigenvalue weighted by molar-refractivity contribution is 5.89. The number of carboxylic acids is 2. The molecule has 1 heterocycles. The zero-order valence-corrected chi connectivity index (χ0v) is 9.50. The summed E-state index contributed by atoms with van der Waals surface area (Å²) in [6.07, 6.45) is 1.19. The van der Waals surface area contributed by atoms with Crippen molar-refractivity contribution in [3.8, 4) is 11.1 Å². The first-order valence-electron chi connectivity index (χ1n) is 5.21. The van der Waals surface area contributed by atoms with E-state index in [0.717, 1.165) is 12.1 Å². The van der Waals surface area contributed by atoms with E-state index in [1.54, 1.807) is 0 Å². The number of carbonyl (C=O) groups is 2. The third-order valence-corrected chi connectivity index (χ3v) is 2.51. The molecule has 19 heavy (non-hydrogen) atoms. The second-order valence-corrected chi connectivity index (χ2v) is 3.74. The molecule has 0 saturated heterocycles. The first kappa shape index (κ1) is 12.7. The summed E-state index contributed by atoms with van der Waals surface area (Å²) in [5.74, 6) is -2.96. The molecule has 0 atom stereocenters. The SMILES string of the molecule is O=C(O)c1ccc(F)c(-c2ccc(C(=O)O)nc2)c1. The Morgan fingerprint density at radius 2 is 1.79 bits per heavy atom. The van der Waals surface area contributed by atoms with E-state index in [-0.39, 0.29) is 16.8 Å². The molecule has 5 nitrogen and oxygen atoms in total. The molecule has 0 fully saturated rings. The number of carboxylic acid groups (broad SMARTS) is 2. The van der Waals surface area contributed by atoms with Crippen LogP contribution < -0.4 is 0 Å². The van der Waals surface area contributed by atoms with Crippen molar-refractivity contribution in [1.82, 2.24) is 4.98 Å². The molecule has 0 aliphatic heterocycles. The van der Waals surface area contributed by atoms with Gasteiger partial charge in [0.2, 0.25) is 0 Å². The van der Waals surface area contributed by atoms with Crippen LogP contribution in [0.25, 0.3) is 11.1 Å². The van der Waals surface area contributed by atoms with Crippen LogP contribution in [0, 0.1) is 5.82 Å². The average molecular weight is 261 g/mol. The van der Waals surface area contributed by atoms with Gasteiger partial charge in [-0.15, -0.1) is 0 Å². The summed E-state index contributed by atoms with van der Waals surface area (Å²) in [4.78, 5) is 25.1. The van der Waals surface area contributed by atoms with Gasteiger partial charge in [0, 0.05) is 17.3 Å². The molecule has 0 bridgehead atoms. The van der Waals surface area contributed by atoms with Crippen molar-refractivity contribution in [2.75, 3.05) is 0 Å². The van der Waals surface area contributed by atoms with Gasteiger partial charge in [0.05, 0.1) is 5.56 Å². The van der Waals surface area contributed by atoms with Crippen molar-refractivity contribution >= 4 is 11.9 Å². The molecule has 1 aromatic carbocycles. The Balaban J connectivity index is 2.48. The van der Waals surface area contributed by atoms with Gasteiger partial charge >= 0.3 is 11.9 Å². The van der Waals surface area contributed by atoms with E-state index >= 15 is 0 Å². The predicted molar refractivity (Wildman–Crippen MR) is 63.5 cm³/mol. The molecule has 1 aromatic heterocycles. The number of benzene rings is 1. The Bertz CT molecular complexity index is 652. The van der Waals surface area contributed by atoms with Crippen LogP contribution in [0.3, 0.4) is 0 Å². The van der Waals surface area contributed by atoms with Crippen molar-refractivity contribution in [2.24, 2.45) is 0 Å². The molecule has 0 spiro atoms. The lowest BCUT2D eigenvalue weighted by atomic mass is 10.0. The summed E-state index contributed by atoms with van der Waals surface area (Å²) in [5, 5.41) is 17.6. The van der Waals surface area contributed by atoms with Gasteiger partial charge in [-0.1, -0.05) is 6.07 Å².